The summed E-state index contributed by atoms with van der Waals surface area (Å²) in [7, 11) is 1.78. The van der Waals surface area contributed by atoms with E-state index >= 15 is 0 Å². The van der Waals surface area contributed by atoms with Crippen LogP contribution in [0.4, 0.5) is 0 Å². The standard InChI is InChI=1S/C18H17N5OS/c1-11-8-12(2)23-17(20-11)13(9-19-23)18(24)22(3)10-16-21-14-6-4-5-7-15(14)25-16/h4-9H,10H2,1-3H3. The van der Waals surface area contributed by atoms with Crippen LogP contribution in [0.1, 0.15) is 26.8 Å². The average Bonchev–Trinajstić information content (AvgIpc) is 3.17. The number of para-hydroxylation sites is 1. The van der Waals surface area contributed by atoms with E-state index in [9.17, 15) is 4.79 Å². The molecule has 0 atom stereocenters. The number of hydrogen-bond acceptors (Lipinski definition) is 5. The molecule has 0 aliphatic heterocycles. The van der Waals surface area contributed by atoms with Gasteiger partial charge in [0, 0.05) is 18.4 Å². The lowest BCUT2D eigenvalue weighted by Crippen LogP contribution is -2.26. The second-order valence-electron chi connectivity index (χ2n) is 6.07. The normalized spacial score (nSPS) is 11.3. The van der Waals surface area contributed by atoms with Crippen LogP contribution in [0.15, 0.2) is 36.5 Å². The van der Waals surface area contributed by atoms with Crippen LogP contribution in [0.25, 0.3) is 15.9 Å². The molecule has 3 aromatic heterocycles. The zero-order valence-electron chi connectivity index (χ0n) is 14.2. The number of aryl methyl sites for hydroxylation is 2. The third kappa shape index (κ3) is 2.76. The van der Waals surface area contributed by atoms with Crippen molar-refractivity contribution in [1.29, 1.82) is 0 Å². The van der Waals surface area contributed by atoms with Gasteiger partial charge in [-0.05, 0) is 32.0 Å². The first-order chi connectivity index (χ1) is 12.0. The molecule has 4 aromatic rings. The van der Waals surface area contributed by atoms with E-state index < -0.39 is 0 Å². The Hall–Kier alpha value is -2.80. The van der Waals surface area contributed by atoms with E-state index in [1.165, 1.54) is 0 Å². The van der Waals surface area contributed by atoms with Gasteiger partial charge in [-0.2, -0.15) is 5.10 Å². The molecule has 0 aliphatic rings. The first kappa shape index (κ1) is 15.7. The first-order valence-electron chi connectivity index (χ1n) is 7.95. The van der Waals surface area contributed by atoms with E-state index in [1.807, 2.05) is 44.2 Å². The molecule has 25 heavy (non-hydrogen) atoms. The molecule has 7 heteroatoms. The lowest BCUT2D eigenvalue weighted by molar-refractivity contribution is 0.0786. The average molecular weight is 351 g/mol. The Bertz CT molecular complexity index is 1060. The summed E-state index contributed by atoms with van der Waals surface area (Å²) in [5.41, 5.74) is 3.89. The Labute approximate surface area is 148 Å². The Kier molecular flexibility index (Phi) is 3.73. The number of hydrogen-bond donors (Lipinski definition) is 0. The minimum Gasteiger partial charge on any atom is -0.335 e. The van der Waals surface area contributed by atoms with Gasteiger partial charge in [-0.3, -0.25) is 4.79 Å². The molecule has 0 spiro atoms. The highest BCUT2D eigenvalue weighted by molar-refractivity contribution is 7.18. The summed E-state index contributed by atoms with van der Waals surface area (Å²) in [5.74, 6) is -0.105. The van der Waals surface area contributed by atoms with Gasteiger partial charge in [0.2, 0.25) is 0 Å². The molecule has 0 N–H and O–H groups in total. The highest BCUT2D eigenvalue weighted by Crippen LogP contribution is 2.23. The number of thiazole rings is 1. The lowest BCUT2D eigenvalue weighted by Gasteiger charge is -2.14. The van der Waals surface area contributed by atoms with E-state index in [0.29, 0.717) is 17.8 Å². The third-order valence-corrected chi connectivity index (χ3v) is 5.09. The van der Waals surface area contributed by atoms with Crippen molar-refractivity contribution in [2.24, 2.45) is 0 Å². The van der Waals surface area contributed by atoms with E-state index in [4.69, 9.17) is 0 Å². The smallest absolute Gasteiger partial charge is 0.259 e. The van der Waals surface area contributed by atoms with Crippen LogP contribution in [0, 0.1) is 13.8 Å². The maximum atomic E-state index is 12.9. The molecule has 0 bridgehead atoms. The molecule has 0 saturated carbocycles. The Morgan fingerprint density at radius 1 is 1.24 bits per heavy atom. The summed E-state index contributed by atoms with van der Waals surface area (Å²) < 4.78 is 2.83. The molecule has 1 amide bonds. The number of benzene rings is 1. The van der Waals surface area contributed by atoms with Crippen LogP contribution in [0.2, 0.25) is 0 Å². The zero-order chi connectivity index (χ0) is 17.6. The molecular weight excluding hydrogens is 334 g/mol. The number of rotatable bonds is 3. The van der Waals surface area contributed by atoms with Crippen molar-refractivity contribution in [3.8, 4) is 0 Å². The van der Waals surface area contributed by atoms with Crippen LogP contribution < -0.4 is 0 Å². The molecule has 0 radical (unpaired) electrons. The fourth-order valence-corrected chi connectivity index (χ4v) is 3.91. The Morgan fingerprint density at radius 3 is 2.84 bits per heavy atom. The van der Waals surface area contributed by atoms with Gasteiger partial charge in [-0.15, -0.1) is 11.3 Å². The molecule has 0 saturated heterocycles. The minimum absolute atomic E-state index is 0.105. The molecule has 3 heterocycles. The van der Waals surface area contributed by atoms with Crippen molar-refractivity contribution in [1.82, 2.24) is 24.5 Å². The van der Waals surface area contributed by atoms with Crippen LogP contribution in [0.5, 0.6) is 0 Å². The maximum absolute atomic E-state index is 12.9. The summed E-state index contributed by atoms with van der Waals surface area (Å²) in [6.07, 6.45) is 1.59. The molecule has 126 valence electrons. The number of amides is 1. The predicted octanol–water partition coefficient (Wildman–Crippen LogP) is 3.23. The molecule has 0 aliphatic carbocycles. The molecule has 6 nitrogen and oxygen atoms in total. The van der Waals surface area contributed by atoms with Gasteiger partial charge in [0.15, 0.2) is 5.65 Å². The van der Waals surface area contributed by atoms with Crippen molar-refractivity contribution in [2.75, 3.05) is 7.05 Å². The number of nitrogens with zero attached hydrogens (tertiary/aromatic N) is 5. The SMILES string of the molecule is Cc1cc(C)n2ncc(C(=O)N(C)Cc3nc4ccccc4s3)c2n1. The highest BCUT2D eigenvalue weighted by Gasteiger charge is 2.20. The van der Waals surface area contributed by atoms with E-state index in [0.717, 1.165) is 26.6 Å². The van der Waals surface area contributed by atoms with E-state index in [1.54, 1.807) is 34.0 Å². The Morgan fingerprint density at radius 2 is 2.04 bits per heavy atom. The van der Waals surface area contributed by atoms with Crippen molar-refractivity contribution in [2.45, 2.75) is 20.4 Å². The van der Waals surface area contributed by atoms with E-state index in [-0.39, 0.29) is 5.91 Å². The van der Waals surface area contributed by atoms with Gasteiger partial charge >= 0.3 is 0 Å². The van der Waals surface area contributed by atoms with E-state index in [2.05, 4.69) is 15.1 Å². The predicted molar refractivity (Wildman–Crippen MR) is 97.9 cm³/mol. The van der Waals surface area contributed by atoms with Crippen LogP contribution in [0.3, 0.4) is 0 Å². The maximum Gasteiger partial charge on any atom is 0.259 e. The summed E-state index contributed by atoms with van der Waals surface area (Å²) in [6.45, 7) is 4.33. The summed E-state index contributed by atoms with van der Waals surface area (Å²) in [6, 6.07) is 9.93. The fourth-order valence-electron chi connectivity index (χ4n) is 2.89. The van der Waals surface area contributed by atoms with Crippen molar-refractivity contribution >= 4 is 33.1 Å². The van der Waals surface area contributed by atoms with Gasteiger partial charge in [0.1, 0.15) is 10.6 Å². The van der Waals surface area contributed by atoms with Crippen LogP contribution in [-0.2, 0) is 6.54 Å². The highest BCUT2D eigenvalue weighted by atomic mass is 32.1. The van der Waals surface area contributed by atoms with Gasteiger partial charge < -0.3 is 4.90 Å². The van der Waals surface area contributed by atoms with Crippen molar-refractivity contribution in [3.63, 3.8) is 0 Å². The van der Waals surface area contributed by atoms with Crippen molar-refractivity contribution in [3.05, 3.63) is 58.5 Å². The summed E-state index contributed by atoms with van der Waals surface area (Å²) in [5, 5.41) is 5.21. The van der Waals surface area contributed by atoms with Gasteiger partial charge in [0.05, 0.1) is 23.0 Å². The number of fused-ring (bicyclic) bond motifs is 2. The zero-order valence-corrected chi connectivity index (χ0v) is 15.0. The lowest BCUT2D eigenvalue weighted by atomic mass is 10.2. The molecular formula is C18H17N5OS. The third-order valence-electron chi connectivity index (χ3n) is 4.07. The van der Waals surface area contributed by atoms with Crippen LogP contribution in [-0.4, -0.2) is 37.4 Å². The monoisotopic (exact) mass is 351 g/mol. The molecule has 4 rings (SSSR count). The largest absolute Gasteiger partial charge is 0.335 e. The van der Waals surface area contributed by atoms with Crippen LogP contribution >= 0.6 is 11.3 Å². The Balaban J connectivity index is 1.64. The van der Waals surface area contributed by atoms with Gasteiger partial charge in [0.25, 0.3) is 5.91 Å². The first-order valence-corrected chi connectivity index (χ1v) is 8.76. The topological polar surface area (TPSA) is 63.4 Å². The second kappa shape index (κ2) is 5.93. The fraction of sp³-hybridized carbons (Fsp3) is 0.222. The van der Waals surface area contributed by atoms with Gasteiger partial charge in [-0.25, -0.2) is 14.5 Å². The molecule has 1 aromatic carbocycles. The quantitative estimate of drug-likeness (QED) is 0.568. The summed E-state index contributed by atoms with van der Waals surface area (Å²) in [4.78, 5) is 23.6. The minimum atomic E-state index is -0.105. The number of carbonyl (C=O) groups excluding carboxylic acids is 1. The summed E-state index contributed by atoms with van der Waals surface area (Å²) >= 11 is 1.61. The number of aromatic nitrogens is 4. The molecule has 0 unspecified atom stereocenters. The second-order valence-corrected chi connectivity index (χ2v) is 7.18. The van der Waals surface area contributed by atoms with Gasteiger partial charge in [-0.1, -0.05) is 12.1 Å². The number of carbonyl (C=O) groups is 1. The molecule has 0 fully saturated rings. The van der Waals surface area contributed by atoms with Crippen molar-refractivity contribution < 1.29 is 4.79 Å².